The van der Waals surface area contributed by atoms with Crippen LogP contribution in [0.15, 0.2) is 0 Å². The van der Waals surface area contributed by atoms with Crippen molar-refractivity contribution in [2.24, 2.45) is 0 Å². The molecular weight excluding hydrogens is 862 g/mol. The maximum atomic E-state index is 13.5. The van der Waals surface area contributed by atoms with Crippen LogP contribution in [0.5, 0.6) is 0 Å². The monoisotopic (exact) mass is 862 g/mol. The molecule has 0 aromatic carbocycles. The van der Waals surface area contributed by atoms with E-state index in [2.05, 4.69) is 6.90 Å². The van der Waals surface area contributed by atoms with Gasteiger partial charge in [-0.15, -0.1) is 0 Å². The molecule has 34 heteroatoms. The molecule has 0 saturated carbocycles. The molecule has 9 nitrogen and oxygen atoms in total. The quantitative estimate of drug-likeness (QED) is 0.263. The van der Waals surface area contributed by atoms with Gasteiger partial charge in [0.05, 0.1) is 0 Å². The topological polar surface area (TPSA) is 130 Å². The first-order valence-corrected chi connectivity index (χ1v) is 16.5. The summed E-state index contributed by atoms with van der Waals surface area (Å²) >= 11 is -9.07. The van der Waals surface area contributed by atoms with Crippen molar-refractivity contribution in [2.75, 3.05) is 0 Å². The fraction of sp³-hybridized carbons (Fsp3) is 1.00. The molecule has 0 aromatic rings. The molecule has 0 aliphatic rings. The van der Waals surface area contributed by atoms with Gasteiger partial charge in [0, 0.05) is 0 Å². The summed E-state index contributed by atoms with van der Waals surface area (Å²) in [5, 5.41) is -24.2. The third-order valence-electron chi connectivity index (χ3n) is 3.72. The van der Waals surface area contributed by atoms with Gasteiger partial charge in [0.25, 0.3) is 0 Å². The van der Waals surface area contributed by atoms with Crippen molar-refractivity contribution in [3.05, 3.63) is 0 Å². The molecule has 0 rings (SSSR count). The van der Waals surface area contributed by atoms with Crippen LogP contribution in [0.3, 0.4) is 0 Å². The molecule has 0 N–H and O–H groups in total. The minimum absolute atomic E-state index is 2.17. The molecule has 0 spiro atoms. The average Bonchev–Trinajstić information content (AvgIpc) is 2.69. The van der Waals surface area contributed by atoms with Gasteiger partial charge in [-0.1, -0.05) is 0 Å². The van der Waals surface area contributed by atoms with E-state index in [1.807, 2.05) is 0 Å². The van der Waals surface area contributed by atoms with Crippen LogP contribution in [0.1, 0.15) is 0 Å². The summed E-state index contributed by atoms with van der Waals surface area (Å²) < 4.78 is 342. The van der Waals surface area contributed by atoms with Crippen molar-refractivity contribution in [2.45, 2.75) is 52.1 Å². The standard InChI is InChI=1S/3C3HF7O3S.In/c3*4-1(5,2(6,7)8)3(9,10)14(11,12)13;/h3*(H,11,12,13);/q;;;+3/p-3. The van der Waals surface area contributed by atoms with Crippen LogP contribution in [0.25, 0.3) is 0 Å². The van der Waals surface area contributed by atoms with E-state index in [0.29, 0.717) is 0 Å². The average molecular weight is 862 g/mol. The van der Waals surface area contributed by atoms with Gasteiger partial charge in [-0.3, -0.25) is 0 Å². The van der Waals surface area contributed by atoms with Crippen molar-refractivity contribution in [1.29, 1.82) is 0 Å². The SMILES string of the molecule is O=S(=O)([O][In]([O]S(=O)(=O)C(F)(F)C(F)(F)C(F)(F)F)[O]S(=O)(=O)C(F)(F)C(F)(F)C(F)(F)F)C(F)(F)C(F)(F)C(F)(F)F. The molecule has 258 valence electrons. The molecule has 0 saturated heterocycles. The second kappa shape index (κ2) is 11.1. The number of rotatable bonds is 12. The van der Waals surface area contributed by atoms with E-state index >= 15 is 0 Å². The van der Waals surface area contributed by atoms with E-state index in [-0.39, 0.29) is 0 Å². The summed E-state index contributed by atoms with van der Waals surface area (Å²) in [5.41, 5.74) is 0. The molecule has 0 aliphatic carbocycles. The van der Waals surface area contributed by atoms with Gasteiger partial charge in [-0.25, -0.2) is 0 Å². The van der Waals surface area contributed by atoms with Crippen LogP contribution in [0.4, 0.5) is 92.2 Å². The molecule has 0 atom stereocenters. The Morgan fingerprint density at radius 2 is 0.465 bits per heavy atom. The molecular formula is C9F21InO9S3. The summed E-state index contributed by atoms with van der Waals surface area (Å²) in [4.78, 5) is 0. The number of hydrogen-bond donors (Lipinski definition) is 0. The van der Waals surface area contributed by atoms with Gasteiger partial charge in [0.2, 0.25) is 0 Å². The Labute approximate surface area is 229 Å². The van der Waals surface area contributed by atoms with Gasteiger partial charge in [0.1, 0.15) is 0 Å². The van der Waals surface area contributed by atoms with Crippen molar-refractivity contribution < 1.29 is 124 Å². The Morgan fingerprint density at radius 3 is 0.581 bits per heavy atom. The van der Waals surface area contributed by atoms with Crippen molar-refractivity contribution in [1.82, 2.24) is 0 Å². The Balaban J connectivity index is 7.37. The normalized spacial score (nSPS) is 16.4. The Bertz CT molecular complexity index is 1190. The van der Waals surface area contributed by atoms with Gasteiger partial charge in [-0.05, 0) is 0 Å². The summed E-state index contributed by atoms with van der Waals surface area (Å²) in [6.45, 7) is 0. The Hall–Kier alpha value is -0.870. The minimum atomic E-state index is -9.07. The molecule has 0 unspecified atom stereocenters. The van der Waals surface area contributed by atoms with Gasteiger partial charge in [-0.2, -0.15) is 0 Å². The van der Waals surface area contributed by atoms with Gasteiger partial charge >= 0.3 is 230 Å². The van der Waals surface area contributed by atoms with Crippen LogP contribution in [-0.4, -0.2) is 100 Å². The molecule has 0 heterocycles. The Kier molecular flexibility index (Phi) is 10.9. The molecule has 0 fully saturated rings. The summed E-state index contributed by atoms with van der Waals surface area (Å²) in [6, 6.07) is 0. The first kappa shape index (κ1) is 42.1. The molecule has 0 aromatic heterocycles. The van der Waals surface area contributed by atoms with Crippen molar-refractivity contribution in [3.63, 3.8) is 0 Å². The summed E-state index contributed by atoms with van der Waals surface area (Å²) in [6.07, 6.45) is -23.4. The zero-order valence-electron chi connectivity index (χ0n) is 17.9. The number of alkyl halides is 21. The zero-order valence-corrected chi connectivity index (χ0v) is 23.7. The zero-order chi connectivity index (χ0) is 35.7. The van der Waals surface area contributed by atoms with Gasteiger partial charge in [0.15, 0.2) is 0 Å². The summed E-state index contributed by atoms with van der Waals surface area (Å²) in [5.74, 6) is -24.2. The molecule has 0 radical (unpaired) electrons. The molecule has 0 amide bonds. The van der Waals surface area contributed by atoms with Crippen LogP contribution >= 0.6 is 0 Å². The third-order valence-corrected chi connectivity index (χ3v) is 18.2. The first-order valence-electron chi connectivity index (χ1n) is 8.29. The number of halogens is 21. The van der Waals surface area contributed by atoms with Crippen LogP contribution < -0.4 is 0 Å². The summed E-state index contributed by atoms with van der Waals surface area (Å²) in [7, 11) is -26.3. The van der Waals surface area contributed by atoms with E-state index in [1.54, 1.807) is 0 Å². The predicted molar refractivity (Wildman–Crippen MR) is 83.6 cm³/mol. The fourth-order valence-corrected chi connectivity index (χ4v) is 15.1. The van der Waals surface area contributed by atoms with E-state index in [0.717, 1.165) is 0 Å². The predicted octanol–water partition coefficient (Wildman–Crippen LogP) is 4.38. The van der Waals surface area contributed by atoms with E-state index in [4.69, 9.17) is 0 Å². The van der Waals surface area contributed by atoms with Crippen molar-refractivity contribution in [3.8, 4) is 0 Å². The maximum absolute atomic E-state index is 13.5. The molecule has 0 bridgehead atoms. The first-order chi connectivity index (χ1) is 18.0. The van der Waals surface area contributed by atoms with E-state index in [9.17, 15) is 117 Å². The third kappa shape index (κ3) is 6.96. The van der Waals surface area contributed by atoms with Crippen LogP contribution in [-0.2, 0) is 37.3 Å². The Morgan fingerprint density at radius 1 is 0.326 bits per heavy atom. The van der Waals surface area contributed by atoms with Crippen LogP contribution in [0.2, 0.25) is 0 Å². The van der Waals surface area contributed by atoms with E-state index < -0.39 is 105 Å². The van der Waals surface area contributed by atoms with Gasteiger partial charge < -0.3 is 0 Å². The molecule has 0 aliphatic heterocycles. The second-order valence-electron chi connectivity index (χ2n) is 6.71. The van der Waals surface area contributed by atoms with Crippen LogP contribution in [0, 0.1) is 0 Å². The van der Waals surface area contributed by atoms with E-state index in [1.165, 1.54) is 0 Å². The second-order valence-corrected chi connectivity index (χ2v) is 18.1. The molecule has 43 heavy (non-hydrogen) atoms. The van der Waals surface area contributed by atoms with Crippen molar-refractivity contribution >= 4 is 53.1 Å². The number of hydrogen-bond acceptors (Lipinski definition) is 9. The fourth-order valence-electron chi connectivity index (χ4n) is 1.51.